The predicted molar refractivity (Wildman–Crippen MR) is 112 cm³/mol. The number of hydrogen-bond acceptors (Lipinski definition) is 0. The maximum atomic E-state index is 5.87. The Morgan fingerprint density at radius 2 is 0.696 bits per heavy atom. The van der Waals surface area contributed by atoms with Crippen molar-refractivity contribution in [1.29, 1.82) is 0 Å². The second-order valence-electron chi connectivity index (χ2n) is 7.02. The van der Waals surface area contributed by atoms with E-state index in [2.05, 4.69) is 6.92 Å². The zero-order chi connectivity index (χ0) is 17.2. The van der Waals surface area contributed by atoms with Crippen molar-refractivity contribution < 1.29 is 0 Å². The molecule has 0 spiro atoms. The molecule has 0 rings (SSSR count). The quantitative estimate of drug-likeness (QED) is 0.122. The van der Waals surface area contributed by atoms with Gasteiger partial charge in [0.25, 0.3) is 0 Å². The Bertz CT molecular complexity index is 229. The van der Waals surface area contributed by atoms with Crippen LogP contribution >= 0.6 is 33.2 Å². The average molecular weight is 402 g/mol. The number of rotatable bonds is 18. The summed E-state index contributed by atoms with van der Waals surface area (Å²) in [6, 6.07) is -1.52. The van der Waals surface area contributed by atoms with Gasteiger partial charge in [0.05, 0.1) is 0 Å². The van der Waals surface area contributed by atoms with Gasteiger partial charge < -0.3 is 0 Å². The molecule has 0 amide bonds. The van der Waals surface area contributed by atoms with E-state index >= 15 is 0 Å². The highest BCUT2D eigenvalue weighted by molar-refractivity contribution is 7.64. The Labute approximate surface area is 161 Å². The maximum Gasteiger partial charge on any atom is 0.341 e. The molecule has 0 aromatic carbocycles. The molecule has 0 N–H and O–H groups in total. The van der Waals surface area contributed by atoms with E-state index in [1.165, 1.54) is 103 Å². The lowest BCUT2D eigenvalue weighted by Crippen LogP contribution is -2.07. The Morgan fingerprint density at radius 1 is 0.435 bits per heavy atom. The van der Waals surface area contributed by atoms with E-state index in [9.17, 15) is 0 Å². The van der Waals surface area contributed by atoms with E-state index in [0.717, 1.165) is 12.5 Å². The minimum Gasteiger partial charge on any atom is -0.126 e. The average Bonchev–Trinajstić information content (AvgIpc) is 2.49. The minimum absolute atomic E-state index is 0.830. The van der Waals surface area contributed by atoms with Gasteiger partial charge >= 0.3 is 6.00 Å². The van der Waals surface area contributed by atoms with Crippen molar-refractivity contribution in [1.82, 2.24) is 0 Å². The van der Waals surface area contributed by atoms with Crippen molar-refractivity contribution in [3.8, 4) is 0 Å². The molecule has 0 aliphatic rings. The molecular formula is C19H39Cl3Si. The fourth-order valence-electron chi connectivity index (χ4n) is 3.05. The molecule has 0 radical (unpaired) electrons. The van der Waals surface area contributed by atoms with Crippen molar-refractivity contribution in [2.24, 2.45) is 0 Å². The smallest absolute Gasteiger partial charge is 0.126 e. The molecule has 0 fully saturated rings. The van der Waals surface area contributed by atoms with Crippen LogP contribution in [0.25, 0.3) is 0 Å². The van der Waals surface area contributed by atoms with E-state index < -0.39 is 6.00 Å². The van der Waals surface area contributed by atoms with Crippen LogP contribution in [0.2, 0.25) is 6.04 Å². The van der Waals surface area contributed by atoms with Gasteiger partial charge in [-0.25, -0.2) is 0 Å². The van der Waals surface area contributed by atoms with Gasteiger partial charge in [0.15, 0.2) is 0 Å². The van der Waals surface area contributed by atoms with E-state index in [1.54, 1.807) is 0 Å². The zero-order valence-corrected chi connectivity index (χ0v) is 18.6. The molecule has 0 aromatic rings. The Hall–Kier alpha value is 1.09. The summed E-state index contributed by atoms with van der Waals surface area (Å²) < 4.78 is 0. The second-order valence-corrected chi connectivity index (χ2v) is 16.3. The van der Waals surface area contributed by atoms with Gasteiger partial charge in [0.2, 0.25) is 0 Å². The first-order valence-corrected chi connectivity index (χ1v) is 15.4. The molecule has 0 aliphatic heterocycles. The molecular weight excluding hydrogens is 363 g/mol. The Morgan fingerprint density at radius 3 is 0.957 bits per heavy atom. The SMILES string of the molecule is CCCCCCCCCCCCCCCCCCC[Si](Cl)(Cl)Cl. The van der Waals surface area contributed by atoms with Gasteiger partial charge in [-0.2, -0.15) is 0 Å². The first-order valence-electron chi connectivity index (χ1n) is 10.1. The fourth-order valence-corrected chi connectivity index (χ4v) is 4.90. The number of halogens is 3. The lowest BCUT2D eigenvalue weighted by Gasteiger charge is -2.07. The standard InChI is InChI=1S/C19H39Cl3Si/c1-2-3-4-5-6-7-8-9-10-11-12-13-14-15-16-17-18-19-23(20,21)22/h2-19H2,1H3. The Balaban J connectivity index is 3.00. The van der Waals surface area contributed by atoms with Crippen LogP contribution in [0.5, 0.6) is 0 Å². The lowest BCUT2D eigenvalue weighted by molar-refractivity contribution is 0.529. The third-order valence-electron chi connectivity index (χ3n) is 4.56. The molecule has 0 atom stereocenters. The third kappa shape index (κ3) is 23.1. The molecule has 140 valence electrons. The van der Waals surface area contributed by atoms with E-state index in [0.29, 0.717) is 0 Å². The van der Waals surface area contributed by atoms with E-state index in [1.807, 2.05) is 0 Å². The summed E-state index contributed by atoms with van der Waals surface area (Å²) in [4.78, 5) is 0. The summed E-state index contributed by atoms with van der Waals surface area (Å²) in [5, 5.41) is 0. The highest BCUT2D eigenvalue weighted by Crippen LogP contribution is 2.27. The van der Waals surface area contributed by atoms with Crippen molar-refractivity contribution in [3.63, 3.8) is 0 Å². The molecule has 0 unspecified atom stereocenters. The molecule has 0 heterocycles. The molecule has 23 heavy (non-hydrogen) atoms. The first kappa shape index (κ1) is 24.1. The summed E-state index contributed by atoms with van der Waals surface area (Å²) in [7, 11) is 0. The second kappa shape index (κ2) is 17.9. The van der Waals surface area contributed by atoms with Crippen LogP contribution in [-0.4, -0.2) is 6.00 Å². The van der Waals surface area contributed by atoms with Gasteiger partial charge in [-0.3, -0.25) is 0 Å². The first-order chi connectivity index (χ1) is 11.1. The lowest BCUT2D eigenvalue weighted by atomic mass is 10.0. The zero-order valence-electron chi connectivity index (χ0n) is 15.4. The van der Waals surface area contributed by atoms with E-state index in [4.69, 9.17) is 33.2 Å². The van der Waals surface area contributed by atoms with Crippen molar-refractivity contribution >= 4 is 39.2 Å². The summed E-state index contributed by atoms with van der Waals surface area (Å²) in [5.74, 6) is 0. The van der Waals surface area contributed by atoms with Gasteiger partial charge in [-0.05, 0) is 6.04 Å². The van der Waals surface area contributed by atoms with Crippen LogP contribution in [0.4, 0.5) is 0 Å². The van der Waals surface area contributed by atoms with Crippen molar-refractivity contribution in [2.45, 2.75) is 122 Å². The van der Waals surface area contributed by atoms with Crippen molar-refractivity contribution in [2.75, 3.05) is 0 Å². The number of unbranched alkanes of at least 4 members (excludes halogenated alkanes) is 16. The summed E-state index contributed by atoms with van der Waals surface area (Å²) >= 11 is 17.6. The topological polar surface area (TPSA) is 0 Å². The molecule has 0 aliphatic carbocycles. The van der Waals surface area contributed by atoms with E-state index in [-0.39, 0.29) is 0 Å². The summed E-state index contributed by atoms with van der Waals surface area (Å²) in [6.45, 7) is 2.29. The highest BCUT2D eigenvalue weighted by Gasteiger charge is 2.23. The van der Waals surface area contributed by atoms with Gasteiger partial charge in [-0.1, -0.05) is 116 Å². The summed E-state index contributed by atoms with van der Waals surface area (Å²) in [6.07, 6.45) is 23.6. The van der Waals surface area contributed by atoms with Gasteiger partial charge in [-0.15, -0.1) is 33.2 Å². The molecule has 0 nitrogen and oxygen atoms in total. The maximum absolute atomic E-state index is 5.87. The monoisotopic (exact) mass is 400 g/mol. The van der Waals surface area contributed by atoms with Crippen LogP contribution < -0.4 is 0 Å². The predicted octanol–water partition coefficient (Wildman–Crippen LogP) is 9.29. The molecule has 0 bridgehead atoms. The Kier molecular flexibility index (Phi) is 18.7. The molecule has 0 saturated carbocycles. The van der Waals surface area contributed by atoms with Crippen LogP contribution in [-0.2, 0) is 0 Å². The molecule has 4 heteroatoms. The molecule has 0 aromatic heterocycles. The third-order valence-corrected chi connectivity index (χ3v) is 7.19. The largest absolute Gasteiger partial charge is 0.341 e. The molecule has 0 saturated heterocycles. The van der Waals surface area contributed by atoms with Gasteiger partial charge in [0.1, 0.15) is 0 Å². The van der Waals surface area contributed by atoms with Crippen LogP contribution in [0, 0.1) is 0 Å². The fraction of sp³-hybridized carbons (Fsp3) is 1.00. The van der Waals surface area contributed by atoms with Crippen LogP contribution in [0.15, 0.2) is 0 Å². The van der Waals surface area contributed by atoms with Crippen molar-refractivity contribution in [3.05, 3.63) is 0 Å². The van der Waals surface area contributed by atoms with Gasteiger partial charge in [0, 0.05) is 0 Å². The van der Waals surface area contributed by atoms with Crippen LogP contribution in [0.1, 0.15) is 116 Å². The normalized spacial score (nSPS) is 12.0. The summed E-state index contributed by atoms with van der Waals surface area (Å²) in [5.41, 5.74) is 0. The van der Waals surface area contributed by atoms with Crippen LogP contribution in [0.3, 0.4) is 0 Å². The highest BCUT2D eigenvalue weighted by atomic mass is 35.8. The minimum atomic E-state index is -2.35. The number of hydrogen-bond donors (Lipinski definition) is 0.